The van der Waals surface area contributed by atoms with Crippen molar-refractivity contribution in [1.82, 2.24) is 9.88 Å². The van der Waals surface area contributed by atoms with Gasteiger partial charge in [0.05, 0.1) is 35.0 Å². The standard InChI is InChI=1S/C26H32N2O5S2/c1-33-19-4-5-21-20(15-19)24(18(17-29)16-27-21)22(30)6-7-26(25(31)32)8-10-28(11-9-26)12-14-35-23-3-2-13-34-23/h2-5,13,15-16,22,29-30H,6-12,14,17H2,1H3,(H,31,32). The highest BCUT2D eigenvalue weighted by Crippen LogP contribution is 2.40. The van der Waals surface area contributed by atoms with Crippen molar-refractivity contribution in [2.75, 3.05) is 32.5 Å². The molecule has 188 valence electrons. The van der Waals surface area contributed by atoms with Crippen LogP contribution >= 0.6 is 23.1 Å². The molecule has 3 aromatic rings. The molecule has 7 nitrogen and oxygen atoms in total. The third kappa shape index (κ3) is 5.98. The fourth-order valence-electron chi connectivity index (χ4n) is 4.83. The van der Waals surface area contributed by atoms with E-state index in [1.807, 2.05) is 17.8 Å². The van der Waals surface area contributed by atoms with Crippen molar-refractivity contribution in [3.05, 3.63) is 53.0 Å². The van der Waals surface area contributed by atoms with E-state index in [2.05, 4.69) is 27.4 Å². The molecule has 3 heterocycles. The van der Waals surface area contributed by atoms with Crippen LogP contribution in [0.3, 0.4) is 0 Å². The van der Waals surface area contributed by atoms with Crippen LogP contribution in [0.5, 0.6) is 5.75 Å². The molecule has 1 aliphatic rings. The molecule has 0 spiro atoms. The van der Waals surface area contributed by atoms with Gasteiger partial charge in [0.2, 0.25) is 0 Å². The number of aliphatic hydroxyl groups excluding tert-OH is 2. The third-order valence-electron chi connectivity index (χ3n) is 7.01. The maximum atomic E-state index is 12.4. The van der Waals surface area contributed by atoms with Gasteiger partial charge in [0.15, 0.2) is 0 Å². The lowest BCUT2D eigenvalue weighted by Gasteiger charge is -2.39. The maximum absolute atomic E-state index is 12.4. The molecule has 2 aromatic heterocycles. The summed E-state index contributed by atoms with van der Waals surface area (Å²) in [5.41, 5.74) is 0.984. The molecule has 0 aliphatic carbocycles. The SMILES string of the molecule is COc1ccc2ncc(CO)c(C(O)CCC3(C(=O)O)CCN(CCSc4cccs4)CC3)c2c1. The number of methoxy groups -OCH3 is 1. The van der Waals surface area contributed by atoms with Crippen LogP contribution in [0.2, 0.25) is 0 Å². The van der Waals surface area contributed by atoms with Crippen LogP contribution in [0.15, 0.2) is 46.1 Å². The Labute approximate surface area is 213 Å². The fourth-order valence-corrected chi connectivity index (χ4v) is 6.70. The minimum atomic E-state index is -0.911. The van der Waals surface area contributed by atoms with E-state index in [0.717, 1.165) is 25.4 Å². The summed E-state index contributed by atoms with van der Waals surface area (Å²) in [5.74, 6) is 0.831. The lowest BCUT2D eigenvalue weighted by Crippen LogP contribution is -2.45. The van der Waals surface area contributed by atoms with Crippen LogP contribution in [-0.4, -0.2) is 63.7 Å². The van der Waals surface area contributed by atoms with Crippen molar-refractivity contribution < 1.29 is 24.9 Å². The maximum Gasteiger partial charge on any atom is 0.309 e. The zero-order chi connectivity index (χ0) is 24.8. The molecule has 1 aromatic carbocycles. The van der Waals surface area contributed by atoms with Gasteiger partial charge in [0, 0.05) is 29.4 Å². The summed E-state index contributed by atoms with van der Waals surface area (Å²) in [6.45, 7) is 2.16. The lowest BCUT2D eigenvalue weighted by atomic mass is 9.74. The number of aliphatic hydroxyl groups is 2. The Morgan fingerprint density at radius 3 is 2.77 bits per heavy atom. The van der Waals surface area contributed by atoms with Gasteiger partial charge in [-0.15, -0.1) is 23.1 Å². The van der Waals surface area contributed by atoms with Gasteiger partial charge in [-0.2, -0.15) is 0 Å². The zero-order valence-corrected chi connectivity index (χ0v) is 21.5. The number of thiophene rings is 1. The monoisotopic (exact) mass is 516 g/mol. The molecular weight excluding hydrogens is 484 g/mol. The van der Waals surface area contributed by atoms with Crippen molar-refractivity contribution >= 4 is 40.0 Å². The van der Waals surface area contributed by atoms with E-state index in [1.165, 1.54) is 4.21 Å². The molecule has 1 unspecified atom stereocenters. The second-order valence-corrected chi connectivity index (χ2v) is 11.3. The summed E-state index contributed by atoms with van der Waals surface area (Å²) in [6, 6.07) is 9.60. The summed E-state index contributed by atoms with van der Waals surface area (Å²) in [5, 5.41) is 34.0. The molecule has 1 aliphatic heterocycles. The highest BCUT2D eigenvalue weighted by Gasteiger charge is 2.41. The van der Waals surface area contributed by atoms with Gasteiger partial charge in [0.25, 0.3) is 0 Å². The second-order valence-electron chi connectivity index (χ2n) is 9.00. The van der Waals surface area contributed by atoms with Crippen LogP contribution in [-0.2, 0) is 11.4 Å². The van der Waals surface area contributed by atoms with Crippen molar-refractivity contribution in [2.24, 2.45) is 5.41 Å². The smallest absolute Gasteiger partial charge is 0.309 e. The van der Waals surface area contributed by atoms with Gasteiger partial charge in [0.1, 0.15) is 5.75 Å². The predicted molar refractivity (Wildman–Crippen MR) is 139 cm³/mol. The van der Waals surface area contributed by atoms with Crippen molar-refractivity contribution in [1.29, 1.82) is 0 Å². The second kappa shape index (κ2) is 11.7. The van der Waals surface area contributed by atoms with E-state index in [1.54, 1.807) is 36.8 Å². The largest absolute Gasteiger partial charge is 0.497 e. The highest BCUT2D eigenvalue weighted by atomic mass is 32.2. The van der Waals surface area contributed by atoms with Gasteiger partial charge >= 0.3 is 5.97 Å². The van der Waals surface area contributed by atoms with Gasteiger partial charge < -0.3 is 25.0 Å². The molecule has 3 N–H and O–H groups in total. The number of thioether (sulfide) groups is 1. The first-order chi connectivity index (χ1) is 17.0. The summed E-state index contributed by atoms with van der Waals surface area (Å²) < 4.78 is 6.64. The summed E-state index contributed by atoms with van der Waals surface area (Å²) in [7, 11) is 1.57. The first kappa shape index (κ1) is 25.9. The number of ether oxygens (including phenoxy) is 1. The Hall–Kier alpha value is -2.17. The van der Waals surface area contributed by atoms with Crippen LogP contribution < -0.4 is 4.74 Å². The van der Waals surface area contributed by atoms with E-state index in [4.69, 9.17) is 4.74 Å². The van der Waals surface area contributed by atoms with Crippen LogP contribution in [0.1, 0.15) is 42.9 Å². The molecule has 0 amide bonds. The molecule has 1 saturated heterocycles. The molecule has 1 atom stereocenters. The average Bonchev–Trinajstić information content (AvgIpc) is 3.40. The Morgan fingerprint density at radius 2 is 2.11 bits per heavy atom. The van der Waals surface area contributed by atoms with Crippen LogP contribution in [0.25, 0.3) is 10.9 Å². The number of nitrogens with zero attached hydrogens (tertiary/aromatic N) is 2. The molecule has 0 radical (unpaired) electrons. The minimum Gasteiger partial charge on any atom is -0.497 e. The first-order valence-electron chi connectivity index (χ1n) is 11.8. The number of benzene rings is 1. The molecule has 0 saturated carbocycles. The number of hydrogen-bond donors (Lipinski definition) is 3. The van der Waals surface area contributed by atoms with Crippen LogP contribution in [0, 0.1) is 5.41 Å². The van der Waals surface area contributed by atoms with E-state index in [9.17, 15) is 20.1 Å². The van der Waals surface area contributed by atoms with Crippen molar-refractivity contribution in [2.45, 2.75) is 42.6 Å². The highest BCUT2D eigenvalue weighted by molar-refractivity contribution is 8.01. The number of pyridine rings is 1. The molecular formula is C26H32N2O5S2. The number of hydrogen-bond acceptors (Lipinski definition) is 8. The Balaban J connectivity index is 1.42. The molecule has 9 heteroatoms. The fraction of sp³-hybridized carbons (Fsp3) is 0.462. The number of carboxylic acids is 1. The number of fused-ring (bicyclic) bond motifs is 1. The van der Waals surface area contributed by atoms with Crippen molar-refractivity contribution in [3.8, 4) is 5.75 Å². The summed E-state index contributed by atoms with van der Waals surface area (Å²) in [4.78, 5) is 19.1. The molecule has 1 fully saturated rings. The van der Waals surface area contributed by atoms with Crippen molar-refractivity contribution in [3.63, 3.8) is 0 Å². The predicted octanol–water partition coefficient (Wildman–Crippen LogP) is 4.57. The Bertz CT molecular complexity index is 1120. The van der Waals surface area contributed by atoms with E-state index in [-0.39, 0.29) is 6.61 Å². The summed E-state index contributed by atoms with van der Waals surface area (Å²) >= 11 is 3.58. The van der Waals surface area contributed by atoms with E-state index < -0.39 is 17.5 Å². The van der Waals surface area contributed by atoms with Gasteiger partial charge in [-0.1, -0.05) is 6.07 Å². The molecule has 4 rings (SSSR count). The average molecular weight is 517 g/mol. The van der Waals surface area contributed by atoms with Gasteiger partial charge in [-0.05, 0) is 74.0 Å². The minimum absolute atomic E-state index is 0.255. The quantitative estimate of drug-likeness (QED) is 0.319. The molecule has 35 heavy (non-hydrogen) atoms. The number of likely N-dealkylation sites (tertiary alicyclic amines) is 1. The summed E-state index contributed by atoms with van der Waals surface area (Å²) in [6.07, 6.45) is 2.47. The number of carbonyl (C=O) groups is 1. The third-order valence-corrected chi connectivity index (χ3v) is 9.12. The number of rotatable bonds is 11. The first-order valence-corrected chi connectivity index (χ1v) is 13.7. The number of aromatic nitrogens is 1. The number of carboxylic acid groups (broad SMARTS) is 1. The topological polar surface area (TPSA) is 103 Å². The number of piperidine rings is 1. The van der Waals surface area contributed by atoms with Gasteiger partial charge in [-0.25, -0.2) is 0 Å². The van der Waals surface area contributed by atoms with Crippen LogP contribution in [0.4, 0.5) is 0 Å². The van der Waals surface area contributed by atoms with E-state index in [0.29, 0.717) is 53.5 Å². The zero-order valence-electron chi connectivity index (χ0n) is 19.9. The van der Waals surface area contributed by atoms with Gasteiger partial charge in [-0.3, -0.25) is 9.78 Å². The van der Waals surface area contributed by atoms with E-state index >= 15 is 0 Å². The number of aliphatic carboxylic acids is 1. The Kier molecular flexibility index (Phi) is 8.67. The Morgan fingerprint density at radius 1 is 1.31 bits per heavy atom. The normalized spacial score (nSPS) is 16.9. The molecule has 0 bridgehead atoms. The lowest BCUT2D eigenvalue weighted by molar-refractivity contribution is -0.153.